The second kappa shape index (κ2) is 11.8. The molecule has 1 aliphatic heterocycles. The number of likely N-dealkylation sites (tertiary alicyclic amines) is 1. The number of halogens is 1. The number of hydrogen-bond acceptors (Lipinski definition) is 4. The van der Waals surface area contributed by atoms with Crippen molar-refractivity contribution in [3.8, 4) is 5.69 Å². The van der Waals surface area contributed by atoms with Gasteiger partial charge in [-0.1, -0.05) is 0 Å². The van der Waals surface area contributed by atoms with E-state index in [-0.39, 0.29) is 23.8 Å². The number of nitrogens with one attached hydrogen (secondary N) is 1. The van der Waals surface area contributed by atoms with E-state index in [2.05, 4.69) is 28.3 Å². The van der Waals surface area contributed by atoms with Crippen LogP contribution in [0.2, 0.25) is 0 Å². The van der Waals surface area contributed by atoms with Crippen molar-refractivity contribution in [2.24, 2.45) is 17.8 Å². The van der Waals surface area contributed by atoms with E-state index in [9.17, 15) is 14.0 Å². The van der Waals surface area contributed by atoms with Gasteiger partial charge in [-0.25, -0.2) is 4.39 Å². The van der Waals surface area contributed by atoms with Gasteiger partial charge in [0.25, 0.3) is 5.91 Å². The molecule has 1 N–H and O–H groups in total. The number of fused-ring (bicyclic) bond motifs is 1. The molecule has 0 radical (unpaired) electrons. The van der Waals surface area contributed by atoms with Crippen molar-refractivity contribution in [1.82, 2.24) is 24.7 Å². The molecule has 2 aliphatic carbocycles. The van der Waals surface area contributed by atoms with Crippen LogP contribution in [-0.4, -0.2) is 69.9 Å². The maximum absolute atomic E-state index is 14.4. The number of aromatic nitrogens is 2. The van der Waals surface area contributed by atoms with Crippen LogP contribution >= 0.6 is 0 Å². The Hall–Kier alpha value is -3.26. The summed E-state index contributed by atoms with van der Waals surface area (Å²) in [6.07, 6.45) is 13.5. The van der Waals surface area contributed by atoms with E-state index in [1.165, 1.54) is 23.1 Å². The monoisotopic (exact) mass is 573 g/mol. The summed E-state index contributed by atoms with van der Waals surface area (Å²) < 4.78 is 16.4. The van der Waals surface area contributed by atoms with Crippen molar-refractivity contribution >= 4 is 22.7 Å². The van der Waals surface area contributed by atoms with Crippen molar-refractivity contribution in [2.45, 2.75) is 77.8 Å². The molecule has 2 amide bonds. The number of rotatable bonds is 9. The minimum absolute atomic E-state index is 0.00193. The summed E-state index contributed by atoms with van der Waals surface area (Å²) in [6.45, 7) is 9.28. The molecule has 2 aromatic heterocycles. The number of aryl methyl sites for hydroxylation is 1. The molecule has 1 saturated heterocycles. The highest BCUT2D eigenvalue weighted by molar-refractivity contribution is 5.99. The Morgan fingerprint density at radius 2 is 1.81 bits per heavy atom. The van der Waals surface area contributed by atoms with E-state index in [0.717, 1.165) is 75.7 Å². The summed E-state index contributed by atoms with van der Waals surface area (Å²) >= 11 is 0. The lowest BCUT2D eigenvalue weighted by Gasteiger charge is -2.42. The topological polar surface area (TPSA) is 70.5 Å². The van der Waals surface area contributed by atoms with E-state index in [1.807, 2.05) is 30.8 Å². The Labute approximate surface area is 248 Å². The molecule has 42 heavy (non-hydrogen) atoms. The van der Waals surface area contributed by atoms with Crippen LogP contribution in [0.1, 0.15) is 73.9 Å². The fraction of sp³-hybridized carbons (Fsp3) is 0.559. The zero-order valence-corrected chi connectivity index (χ0v) is 25.4. The molecule has 3 aliphatic rings. The van der Waals surface area contributed by atoms with Crippen molar-refractivity contribution in [3.05, 3.63) is 59.3 Å². The molecule has 0 spiro atoms. The quantitative estimate of drug-likeness (QED) is 0.366. The van der Waals surface area contributed by atoms with Gasteiger partial charge in [0, 0.05) is 62.5 Å². The third-order valence-electron chi connectivity index (χ3n) is 9.72. The van der Waals surface area contributed by atoms with Crippen molar-refractivity contribution in [2.75, 3.05) is 26.7 Å². The molecule has 224 valence electrons. The number of benzene rings is 1. The standard InChI is InChI=1S/C34H44FN5O2/c1-21(2)38(4)34(42)29-14-27(35)9-12-30(29)40-20-26(32-22(3)15-36-16-31(32)40)13-24-18-39(19-24)17-23-5-7-25(8-6-23)33(41)37-28-10-11-28/h9,12,14-16,20-21,23-25,28H,5-8,10-11,13,17-19H2,1-4H3,(H,37,41). The Bertz CT molecular complexity index is 1460. The fourth-order valence-electron chi connectivity index (χ4n) is 6.89. The number of amides is 2. The number of carbonyl (C=O) groups is 2. The molecular weight excluding hydrogens is 529 g/mol. The van der Waals surface area contributed by atoms with Crippen LogP contribution < -0.4 is 5.32 Å². The summed E-state index contributed by atoms with van der Waals surface area (Å²) in [6, 6.07) is 4.93. The van der Waals surface area contributed by atoms with Crippen molar-refractivity contribution < 1.29 is 14.0 Å². The molecule has 3 aromatic rings. The predicted octanol–water partition coefficient (Wildman–Crippen LogP) is 5.51. The lowest BCUT2D eigenvalue weighted by molar-refractivity contribution is -0.126. The molecule has 0 bridgehead atoms. The predicted molar refractivity (Wildman–Crippen MR) is 163 cm³/mol. The Kier molecular flexibility index (Phi) is 8.09. The van der Waals surface area contributed by atoms with Crippen LogP contribution in [0.3, 0.4) is 0 Å². The minimum atomic E-state index is -0.421. The maximum atomic E-state index is 14.4. The van der Waals surface area contributed by atoms with Gasteiger partial charge in [-0.3, -0.25) is 14.6 Å². The molecule has 8 heteroatoms. The van der Waals surface area contributed by atoms with Crippen LogP contribution in [0, 0.1) is 30.5 Å². The van der Waals surface area contributed by atoms with Gasteiger partial charge in [0.05, 0.1) is 23.0 Å². The van der Waals surface area contributed by atoms with Crippen LogP contribution in [-0.2, 0) is 11.2 Å². The molecule has 0 atom stereocenters. The van der Waals surface area contributed by atoms with Gasteiger partial charge in [-0.05, 0) is 107 Å². The van der Waals surface area contributed by atoms with Crippen molar-refractivity contribution in [1.29, 1.82) is 0 Å². The minimum Gasteiger partial charge on any atom is -0.353 e. The zero-order valence-electron chi connectivity index (χ0n) is 25.4. The largest absolute Gasteiger partial charge is 0.353 e. The highest BCUT2D eigenvalue weighted by atomic mass is 19.1. The number of carbonyl (C=O) groups excluding carboxylic acids is 2. The summed E-state index contributed by atoms with van der Waals surface area (Å²) in [7, 11) is 1.76. The van der Waals surface area contributed by atoms with Crippen LogP contribution in [0.5, 0.6) is 0 Å². The Balaban J connectivity index is 1.13. The highest BCUT2D eigenvalue weighted by Crippen LogP contribution is 2.35. The lowest BCUT2D eigenvalue weighted by atomic mass is 9.80. The van der Waals surface area contributed by atoms with Gasteiger partial charge in [0.2, 0.25) is 5.91 Å². The van der Waals surface area contributed by atoms with E-state index in [0.29, 0.717) is 29.1 Å². The summed E-state index contributed by atoms with van der Waals surface area (Å²) in [4.78, 5) is 34.5. The third kappa shape index (κ3) is 5.96. The van der Waals surface area contributed by atoms with Crippen LogP contribution in [0.15, 0.2) is 36.8 Å². The summed E-state index contributed by atoms with van der Waals surface area (Å²) in [5.41, 5.74) is 4.32. The molecule has 0 unspecified atom stereocenters. The number of pyridine rings is 1. The Morgan fingerprint density at radius 3 is 2.50 bits per heavy atom. The molecule has 6 rings (SSSR count). The van der Waals surface area contributed by atoms with E-state index >= 15 is 0 Å². The molecular formula is C34H44FN5O2. The van der Waals surface area contributed by atoms with Gasteiger partial charge in [0.15, 0.2) is 0 Å². The van der Waals surface area contributed by atoms with Crippen LogP contribution in [0.25, 0.3) is 16.6 Å². The van der Waals surface area contributed by atoms with Gasteiger partial charge in [-0.2, -0.15) is 0 Å². The molecule has 7 nitrogen and oxygen atoms in total. The highest BCUT2D eigenvalue weighted by Gasteiger charge is 2.34. The summed E-state index contributed by atoms with van der Waals surface area (Å²) in [5.74, 6) is 1.13. The van der Waals surface area contributed by atoms with Crippen LogP contribution in [0.4, 0.5) is 4.39 Å². The van der Waals surface area contributed by atoms with E-state index in [1.54, 1.807) is 18.0 Å². The number of nitrogens with zero attached hydrogens (tertiary/aromatic N) is 4. The lowest BCUT2D eigenvalue weighted by Crippen LogP contribution is -2.49. The average molecular weight is 574 g/mol. The van der Waals surface area contributed by atoms with Gasteiger partial charge < -0.3 is 19.7 Å². The second-order valence-corrected chi connectivity index (χ2v) is 13.3. The number of hydrogen-bond donors (Lipinski definition) is 1. The van der Waals surface area contributed by atoms with Gasteiger partial charge >= 0.3 is 0 Å². The molecule has 3 heterocycles. The normalized spacial score (nSPS) is 21.5. The zero-order chi connectivity index (χ0) is 29.5. The SMILES string of the molecule is Cc1cncc2c1c(CC1CN(CC3CCC(C(=O)NC4CC4)CC3)C1)cn2-c1ccc(F)cc1C(=O)N(C)C(C)C. The molecule has 3 fully saturated rings. The van der Waals surface area contributed by atoms with Gasteiger partial charge in [0.1, 0.15) is 5.82 Å². The molecule has 2 saturated carbocycles. The maximum Gasteiger partial charge on any atom is 0.256 e. The first kappa shape index (κ1) is 28.8. The van der Waals surface area contributed by atoms with E-state index in [4.69, 9.17) is 0 Å². The smallest absolute Gasteiger partial charge is 0.256 e. The second-order valence-electron chi connectivity index (χ2n) is 13.3. The first-order valence-corrected chi connectivity index (χ1v) is 15.7. The third-order valence-corrected chi connectivity index (χ3v) is 9.72. The Morgan fingerprint density at radius 1 is 1.07 bits per heavy atom. The average Bonchev–Trinajstić information content (AvgIpc) is 3.69. The first-order valence-electron chi connectivity index (χ1n) is 15.7. The van der Waals surface area contributed by atoms with E-state index < -0.39 is 5.82 Å². The van der Waals surface area contributed by atoms with Gasteiger partial charge in [-0.15, -0.1) is 0 Å². The first-order chi connectivity index (χ1) is 20.2. The fourth-order valence-corrected chi connectivity index (χ4v) is 6.89. The van der Waals surface area contributed by atoms with Crippen molar-refractivity contribution in [3.63, 3.8) is 0 Å². The summed E-state index contributed by atoms with van der Waals surface area (Å²) in [5, 5.41) is 4.36. The molecule has 1 aromatic carbocycles.